The lowest BCUT2D eigenvalue weighted by Gasteiger charge is -2.12. The number of nitrogens with one attached hydrogen (secondary N) is 1. The summed E-state index contributed by atoms with van der Waals surface area (Å²) in [6.07, 6.45) is 4.74. The van der Waals surface area contributed by atoms with E-state index in [4.69, 9.17) is 10.5 Å². The van der Waals surface area contributed by atoms with Gasteiger partial charge in [0.2, 0.25) is 5.91 Å². The molecule has 2 atom stereocenters. The summed E-state index contributed by atoms with van der Waals surface area (Å²) in [6, 6.07) is 3.77. The third kappa shape index (κ3) is 5.32. The zero-order chi connectivity index (χ0) is 12.1. The van der Waals surface area contributed by atoms with Gasteiger partial charge in [0.05, 0.1) is 6.10 Å². The number of carbonyl (C=O) groups excluding carboxylic acids is 1. The molecule has 108 valence electrons. The molecule has 0 unspecified atom stereocenters. The van der Waals surface area contributed by atoms with Crippen molar-refractivity contribution >= 4 is 30.7 Å². The van der Waals surface area contributed by atoms with Gasteiger partial charge < -0.3 is 15.8 Å². The Balaban J connectivity index is 0.00000162. The topological polar surface area (TPSA) is 77.2 Å². The predicted octanol–water partition coefficient (Wildman–Crippen LogP) is 1.05. The third-order valence-electron chi connectivity index (χ3n) is 2.85. The lowest BCUT2D eigenvalue weighted by atomic mass is 10.2. The second-order valence-electron chi connectivity index (χ2n) is 4.14. The van der Waals surface area contributed by atoms with Gasteiger partial charge in [-0.3, -0.25) is 9.78 Å². The maximum atomic E-state index is 11.8. The van der Waals surface area contributed by atoms with Crippen LogP contribution in [0.2, 0.25) is 0 Å². The van der Waals surface area contributed by atoms with E-state index in [2.05, 4.69) is 10.3 Å². The van der Waals surface area contributed by atoms with Crippen molar-refractivity contribution in [3.8, 4) is 0 Å². The van der Waals surface area contributed by atoms with Gasteiger partial charge in [-0.05, 0) is 24.5 Å². The van der Waals surface area contributed by atoms with Crippen LogP contribution in [0.15, 0.2) is 24.5 Å². The Kier molecular flexibility index (Phi) is 8.67. The summed E-state index contributed by atoms with van der Waals surface area (Å²) in [5.74, 6) is -0.0650. The summed E-state index contributed by atoms with van der Waals surface area (Å²) < 4.78 is 5.51. The molecule has 3 N–H and O–H groups in total. The van der Waals surface area contributed by atoms with Crippen molar-refractivity contribution in [1.29, 1.82) is 0 Å². The molecule has 1 fully saturated rings. The first-order chi connectivity index (χ1) is 8.29. The summed E-state index contributed by atoms with van der Waals surface area (Å²) >= 11 is 0. The number of halogens is 2. The summed E-state index contributed by atoms with van der Waals surface area (Å²) in [5, 5.41) is 2.84. The Morgan fingerprint density at radius 1 is 1.47 bits per heavy atom. The van der Waals surface area contributed by atoms with Crippen molar-refractivity contribution in [2.45, 2.75) is 31.6 Å². The average molecular weight is 308 g/mol. The number of nitrogens with two attached hydrogens (primary N) is 1. The number of pyridine rings is 1. The highest BCUT2D eigenvalue weighted by atomic mass is 35.5. The maximum absolute atomic E-state index is 11.8. The Bertz CT molecular complexity index is 378. The Labute approximate surface area is 125 Å². The van der Waals surface area contributed by atoms with Crippen molar-refractivity contribution in [3.63, 3.8) is 0 Å². The zero-order valence-electron chi connectivity index (χ0n) is 10.5. The van der Waals surface area contributed by atoms with Gasteiger partial charge in [-0.2, -0.15) is 0 Å². The molecule has 1 saturated heterocycles. The van der Waals surface area contributed by atoms with Crippen LogP contribution in [0.25, 0.3) is 0 Å². The highest BCUT2D eigenvalue weighted by Crippen LogP contribution is 2.18. The van der Waals surface area contributed by atoms with Crippen LogP contribution < -0.4 is 11.1 Å². The van der Waals surface area contributed by atoms with Crippen LogP contribution in [0.3, 0.4) is 0 Å². The van der Waals surface area contributed by atoms with E-state index in [0.29, 0.717) is 13.1 Å². The van der Waals surface area contributed by atoms with Crippen molar-refractivity contribution in [3.05, 3.63) is 30.1 Å². The SMILES string of the molecule is Cl.Cl.NC[C@H]1CC[C@@H](C(=O)NCc2cccnc2)O1. The molecule has 2 rings (SSSR count). The van der Waals surface area contributed by atoms with Gasteiger partial charge in [-0.25, -0.2) is 0 Å². The van der Waals surface area contributed by atoms with E-state index in [1.54, 1.807) is 12.4 Å². The normalized spacial score (nSPS) is 21.1. The average Bonchev–Trinajstić information content (AvgIpc) is 2.86. The van der Waals surface area contributed by atoms with Gasteiger partial charge in [-0.1, -0.05) is 6.07 Å². The quantitative estimate of drug-likeness (QED) is 0.871. The van der Waals surface area contributed by atoms with Crippen molar-refractivity contribution in [2.75, 3.05) is 6.54 Å². The zero-order valence-corrected chi connectivity index (χ0v) is 12.1. The minimum Gasteiger partial charge on any atom is -0.364 e. The number of ether oxygens (including phenoxy) is 1. The fourth-order valence-electron chi connectivity index (χ4n) is 1.88. The van der Waals surface area contributed by atoms with Crippen LogP contribution in [-0.4, -0.2) is 29.6 Å². The van der Waals surface area contributed by atoms with E-state index in [-0.39, 0.29) is 42.9 Å². The highest BCUT2D eigenvalue weighted by molar-refractivity contribution is 5.85. The van der Waals surface area contributed by atoms with Crippen molar-refractivity contribution < 1.29 is 9.53 Å². The van der Waals surface area contributed by atoms with E-state index in [1.807, 2.05) is 12.1 Å². The smallest absolute Gasteiger partial charge is 0.249 e. The molecule has 1 amide bonds. The van der Waals surface area contributed by atoms with Gasteiger partial charge in [0.1, 0.15) is 6.10 Å². The first-order valence-corrected chi connectivity index (χ1v) is 5.81. The molecule has 19 heavy (non-hydrogen) atoms. The van der Waals surface area contributed by atoms with Crippen LogP contribution in [0.5, 0.6) is 0 Å². The molecule has 0 aromatic carbocycles. The minimum atomic E-state index is -0.347. The van der Waals surface area contributed by atoms with Crippen LogP contribution >= 0.6 is 24.8 Å². The van der Waals surface area contributed by atoms with Gasteiger partial charge in [0, 0.05) is 25.5 Å². The summed E-state index contributed by atoms with van der Waals surface area (Å²) in [5.41, 5.74) is 6.48. The second-order valence-corrected chi connectivity index (χ2v) is 4.14. The fourth-order valence-corrected chi connectivity index (χ4v) is 1.88. The number of nitrogens with zero attached hydrogens (tertiary/aromatic N) is 1. The maximum Gasteiger partial charge on any atom is 0.249 e. The second kappa shape index (κ2) is 9.09. The van der Waals surface area contributed by atoms with Crippen LogP contribution in [-0.2, 0) is 16.1 Å². The molecule has 0 bridgehead atoms. The summed E-state index contributed by atoms with van der Waals surface area (Å²) in [4.78, 5) is 15.8. The van der Waals surface area contributed by atoms with Crippen LogP contribution in [0.4, 0.5) is 0 Å². The molecule has 2 heterocycles. The van der Waals surface area contributed by atoms with Crippen molar-refractivity contribution in [1.82, 2.24) is 10.3 Å². The highest BCUT2D eigenvalue weighted by Gasteiger charge is 2.29. The molecule has 7 heteroatoms. The lowest BCUT2D eigenvalue weighted by molar-refractivity contribution is -0.132. The molecule has 0 aliphatic carbocycles. The number of amides is 1. The Hall–Kier alpha value is -0.880. The van der Waals surface area contributed by atoms with Crippen LogP contribution in [0, 0.1) is 0 Å². The summed E-state index contributed by atoms with van der Waals surface area (Å²) in [7, 11) is 0. The molecule has 0 saturated carbocycles. The third-order valence-corrected chi connectivity index (χ3v) is 2.85. The largest absolute Gasteiger partial charge is 0.364 e. The molecular formula is C12H19Cl2N3O2. The van der Waals surface area contributed by atoms with Gasteiger partial charge in [0.25, 0.3) is 0 Å². The number of aromatic nitrogens is 1. The van der Waals surface area contributed by atoms with E-state index < -0.39 is 0 Å². The molecule has 1 aromatic rings. The van der Waals surface area contributed by atoms with E-state index in [9.17, 15) is 4.79 Å². The van der Waals surface area contributed by atoms with Gasteiger partial charge >= 0.3 is 0 Å². The monoisotopic (exact) mass is 307 g/mol. The van der Waals surface area contributed by atoms with E-state index in [0.717, 1.165) is 18.4 Å². The first kappa shape index (κ1) is 18.1. The number of hydrogen-bond donors (Lipinski definition) is 2. The molecule has 5 nitrogen and oxygen atoms in total. The van der Waals surface area contributed by atoms with Gasteiger partial charge in [-0.15, -0.1) is 24.8 Å². The van der Waals surface area contributed by atoms with Crippen LogP contribution in [0.1, 0.15) is 18.4 Å². The molecule has 1 aromatic heterocycles. The number of rotatable bonds is 4. The lowest BCUT2D eigenvalue weighted by Crippen LogP contribution is -2.35. The van der Waals surface area contributed by atoms with E-state index >= 15 is 0 Å². The molecule has 1 aliphatic heterocycles. The fraction of sp³-hybridized carbons (Fsp3) is 0.500. The molecule has 0 spiro atoms. The molecule has 0 radical (unpaired) electrons. The Morgan fingerprint density at radius 2 is 2.26 bits per heavy atom. The minimum absolute atomic E-state index is 0. The van der Waals surface area contributed by atoms with Gasteiger partial charge in [0.15, 0.2) is 0 Å². The summed E-state index contributed by atoms with van der Waals surface area (Å²) in [6.45, 7) is 0.964. The first-order valence-electron chi connectivity index (χ1n) is 5.81. The molecular weight excluding hydrogens is 289 g/mol. The number of hydrogen-bond acceptors (Lipinski definition) is 4. The number of carbonyl (C=O) groups is 1. The van der Waals surface area contributed by atoms with Crippen molar-refractivity contribution in [2.24, 2.45) is 5.73 Å². The standard InChI is InChI=1S/C12H17N3O2.2ClH/c13-6-10-3-4-11(17-10)12(16)15-8-9-2-1-5-14-7-9;;/h1-2,5,7,10-11H,3-4,6,8,13H2,(H,15,16);2*1H/t10-,11+;;/m1../s1. The molecule has 1 aliphatic rings. The Morgan fingerprint density at radius 3 is 2.84 bits per heavy atom. The predicted molar refractivity (Wildman–Crippen MR) is 77.5 cm³/mol. The van der Waals surface area contributed by atoms with E-state index in [1.165, 1.54) is 0 Å².